The van der Waals surface area contributed by atoms with Gasteiger partial charge in [-0.15, -0.1) is 0 Å². The molecule has 2 aromatic heterocycles. The molecule has 0 spiro atoms. The average molecular weight is 482 g/mol. The van der Waals surface area contributed by atoms with Crippen LogP contribution in [0.3, 0.4) is 0 Å². The van der Waals surface area contributed by atoms with Gasteiger partial charge in [0.25, 0.3) is 15.6 Å². The van der Waals surface area contributed by atoms with Crippen LogP contribution in [-0.4, -0.2) is 35.4 Å². The molecule has 1 aliphatic rings. The second-order valence-electron chi connectivity index (χ2n) is 8.01. The minimum absolute atomic E-state index is 0.0394. The van der Waals surface area contributed by atoms with E-state index >= 15 is 0 Å². The normalized spacial score (nSPS) is 14.8. The van der Waals surface area contributed by atoms with Crippen molar-refractivity contribution in [2.24, 2.45) is 0 Å². The molecular weight excluding hydrogens is 458 g/mol. The fourth-order valence-electron chi connectivity index (χ4n) is 3.90. The number of sulfonamides is 1. The topological polar surface area (TPSA) is 85.4 Å². The van der Waals surface area contributed by atoms with Gasteiger partial charge in [0.05, 0.1) is 22.3 Å². The summed E-state index contributed by atoms with van der Waals surface area (Å²) in [6.45, 7) is 3.04. The molecule has 0 saturated carbocycles. The zero-order valence-corrected chi connectivity index (χ0v) is 19.7. The smallest absolute Gasteiger partial charge is 0.276 e. The minimum atomic E-state index is -3.61. The van der Waals surface area contributed by atoms with E-state index in [1.165, 1.54) is 22.1 Å². The number of benzene rings is 2. The van der Waals surface area contributed by atoms with Crippen LogP contribution in [0.5, 0.6) is 0 Å². The van der Waals surface area contributed by atoms with Gasteiger partial charge in [-0.3, -0.25) is 9.36 Å². The van der Waals surface area contributed by atoms with E-state index in [1.54, 1.807) is 16.7 Å². The van der Waals surface area contributed by atoms with Crippen molar-refractivity contribution in [2.75, 3.05) is 13.1 Å². The lowest BCUT2D eigenvalue weighted by Crippen LogP contribution is -2.27. The van der Waals surface area contributed by atoms with Gasteiger partial charge < -0.3 is 4.42 Å². The highest BCUT2D eigenvalue weighted by Crippen LogP contribution is 2.28. The van der Waals surface area contributed by atoms with E-state index in [4.69, 9.17) is 9.40 Å². The standard InChI is InChI=1S/C24H23N3O4S2/c1-17-8-10-18(11-9-17)27-23(28)20-6-2-3-7-21(20)25-24(27)32-16-19-12-13-22(31-19)33(29,30)26-14-4-5-15-26/h2-3,6-13H,4-5,14-16H2,1H3. The summed E-state index contributed by atoms with van der Waals surface area (Å²) in [7, 11) is -3.61. The van der Waals surface area contributed by atoms with E-state index in [-0.39, 0.29) is 10.7 Å². The molecule has 0 bridgehead atoms. The Balaban J connectivity index is 1.48. The van der Waals surface area contributed by atoms with E-state index in [0.717, 1.165) is 24.1 Å². The molecular formula is C24H23N3O4S2. The Morgan fingerprint density at radius 1 is 1.00 bits per heavy atom. The SMILES string of the molecule is Cc1ccc(-n2c(SCc3ccc(S(=O)(=O)N4CCCC4)o3)nc3ccccc3c2=O)cc1. The molecule has 0 atom stereocenters. The summed E-state index contributed by atoms with van der Waals surface area (Å²) in [4.78, 5) is 18.1. The van der Waals surface area contributed by atoms with Gasteiger partial charge in [0, 0.05) is 13.1 Å². The van der Waals surface area contributed by atoms with Crippen LogP contribution in [-0.2, 0) is 15.8 Å². The first kappa shape index (κ1) is 21.9. The van der Waals surface area contributed by atoms with Gasteiger partial charge >= 0.3 is 0 Å². The quantitative estimate of drug-likeness (QED) is 0.300. The number of furan rings is 1. The maximum Gasteiger partial charge on any atom is 0.276 e. The van der Waals surface area contributed by atoms with Crippen molar-refractivity contribution in [2.45, 2.75) is 35.8 Å². The third kappa shape index (κ3) is 4.23. The van der Waals surface area contributed by atoms with Gasteiger partial charge in [-0.1, -0.05) is 41.6 Å². The summed E-state index contributed by atoms with van der Waals surface area (Å²) in [6, 6.07) is 18.1. The van der Waals surface area contributed by atoms with E-state index < -0.39 is 10.0 Å². The lowest BCUT2D eigenvalue weighted by molar-refractivity contribution is 0.397. The van der Waals surface area contributed by atoms with Crippen LogP contribution in [0.15, 0.2) is 80.1 Å². The van der Waals surface area contributed by atoms with E-state index in [2.05, 4.69) is 0 Å². The summed E-state index contributed by atoms with van der Waals surface area (Å²) in [6.07, 6.45) is 1.74. The van der Waals surface area contributed by atoms with Crippen molar-refractivity contribution in [3.8, 4) is 5.69 Å². The maximum absolute atomic E-state index is 13.3. The molecule has 0 N–H and O–H groups in total. The van der Waals surface area contributed by atoms with Crippen molar-refractivity contribution < 1.29 is 12.8 Å². The fourth-order valence-corrected chi connectivity index (χ4v) is 6.25. The van der Waals surface area contributed by atoms with Crippen LogP contribution in [0.1, 0.15) is 24.2 Å². The minimum Gasteiger partial charge on any atom is -0.447 e. The van der Waals surface area contributed by atoms with Crippen LogP contribution >= 0.6 is 11.8 Å². The van der Waals surface area contributed by atoms with Gasteiger partial charge in [0.2, 0.25) is 5.09 Å². The highest BCUT2D eigenvalue weighted by Gasteiger charge is 2.30. The molecule has 1 saturated heterocycles. The maximum atomic E-state index is 13.3. The lowest BCUT2D eigenvalue weighted by Gasteiger charge is -2.13. The molecule has 7 nitrogen and oxygen atoms in total. The van der Waals surface area contributed by atoms with Crippen LogP contribution in [0.4, 0.5) is 0 Å². The number of thioether (sulfide) groups is 1. The predicted molar refractivity (Wildman–Crippen MR) is 128 cm³/mol. The highest BCUT2D eigenvalue weighted by molar-refractivity contribution is 7.98. The van der Waals surface area contributed by atoms with Crippen molar-refractivity contribution in [1.82, 2.24) is 13.9 Å². The summed E-state index contributed by atoms with van der Waals surface area (Å²) in [5, 5.41) is 1.02. The highest BCUT2D eigenvalue weighted by atomic mass is 32.2. The Morgan fingerprint density at radius 2 is 1.73 bits per heavy atom. The molecule has 4 aromatic rings. The third-order valence-corrected chi connectivity index (χ3v) is 8.41. The van der Waals surface area contributed by atoms with Crippen LogP contribution in [0, 0.1) is 6.92 Å². The summed E-state index contributed by atoms with van der Waals surface area (Å²) in [5.41, 5.74) is 2.29. The van der Waals surface area contributed by atoms with Gasteiger partial charge in [-0.2, -0.15) is 4.31 Å². The number of hydrogen-bond donors (Lipinski definition) is 0. The second kappa shape index (κ2) is 8.81. The van der Waals surface area contributed by atoms with Crippen LogP contribution in [0.25, 0.3) is 16.6 Å². The molecule has 0 radical (unpaired) electrons. The first-order valence-electron chi connectivity index (χ1n) is 10.7. The molecule has 0 aliphatic carbocycles. The molecule has 1 fully saturated rings. The monoisotopic (exact) mass is 481 g/mol. The molecule has 0 unspecified atom stereocenters. The Hall–Kier alpha value is -2.88. The first-order chi connectivity index (χ1) is 15.9. The second-order valence-corrected chi connectivity index (χ2v) is 10.8. The summed E-state index contributed by atoms with van der Waals surface area (Å²) >= 11 is 1.33. The Kier molecular flexibility index (Phi) is 5.86. The van der Waals surface area contributed by atoms with Crippen molar-refractivity contribution in [1.29, 1.82) is 0 Å². The molecule has 33 heavy (non-hydrogen) atoms. The first-order valence-corrected chi connectivity index (χ1v) is 13.2. The van der Waals surface area contributed by atoms with Gasteiger partial charge in [-0.05, 0) is 56.2 Å². The Labute approximate surface area is 196 Å². The average Bonchev–Trinajstić information content (AvgIpc) is 3.52. The molecule has 1 aliphatic heterocycles. The number of fused-ring (bicyclic) bond motifs is 1. The number of nitrogens with zero attached hydrogens (tertiary/aromatic N) is 3. The summed E-state index contributed by atoms with van der Waals surface area (Å²) in [5.74, 6) is 0.849. The van der Waals surface area contributed by atoms with Gasteiger partial charge in [-0.25, -0.2) is 13.4 Å². The van der Waals surface area contributed by atoms with E-state index in [9.17, 15) is 13.2 Å². The zero-order chi connectivity index (χ0) is 23.0. The van der Waals surface area contributed by atoms with Crippen molar-refractivity contribution >= 4 is 32.7 Å². The molecule has 170 valence electrons. The number of aromatic nitrogens is 2. The Morgan fingerprint density at radius 3 is 2.48 bits per heavy atom. The number of aryl methyl sites for hydroxylation is 1. The van der Waals surface area contributed by atoms with Crippen LogP contribution < -0.4 is 5.56 Å². The molecule has 9 heteroatoms. The summed E-state index contributed by atoms with van der Waals surface area (Å²) < 4.78 is 34.2. The predicted octanol–water partition coefficient (Wildman–Crippen LogP) is 4.36. The Bertz CT molecular complexity index is 1470. The lowest BCUT2D eigenvalue weighted by atomic mass is 10.2. The third-order valence-electron chi connectivity index (χ3n) is 5.68. The van der Waals surface area contributed by atoms with Crippen molar-refractivity contribution in [3.63, 3.8) is 0 Å². The number of para-hydroxylation sites is 1. The number of rotatable bonds is 6. The zero-order valence-electron chi connectivity index (χ0n) is 18.1. The fraction of sp³-hybridized carbons (Fsp3) is 0.250. The molecule has 5 rings (SSSR count). The van der Waals surface area contributed by atoms with E-state index in [0.29, 0.717) is 40.7 Å². The van der Waals surface area contributed by atoms with E-state index in [1.807, 2.05) is 49.4 Å². The van der Waals surface area contributed by atoms with Gasteiger partial charge in [0.15, 0.2) is 5.16 Å². The van der Waals surface area contributed by atoms with Crippen LogP contribution in [0.2, 0.25) is 0 Å². The van der Waals surface area contributed by atoms with Crippen molar-refractivity contribution in [3.05, 3.63) is 82.3 Å². The largest absolute Gasteiger partial charge is 0.447 e. The molecule has 0 amide bonds. The molecule has 2 aromatic carbocycles. The molecule has 3 heterocycles. The van der Waals surface area contributed by atoms with Gasteiger partial charge in [0.1, 0.15) is 5.76 Å². The number of hydrogen-bond acceptors (Lipinski definition) is 6.